The van der Waals surface area contributed by atoms with Crippen LogP contribution in [-0.2, 0) is 6.54 Å². The van der Waals surface area contributed by atoms with E-state index in [1.807, 2.05) is 24.3 Å². The highest BCUT2D eigenvalue weighted by Gasteiger charge is 2.18. The van der Waals surface area contributed by atoms with E-state index in [2.05, 4.69) is 30.0 Å². The summed E-state index contributed by atoms with van der Waals surface area (Å²) in [6.07, 6.45) is 8.49. The lowest BCUT2D eigenvalue weighted by atomic mass is 10.1. The zero-order valence-electron chi connectivity index (χ0n) is 16.0. The largest absolute Gasteiger partial charge is 0.336 e. The van der Waals surface area contributed by atoms with Crippen molar-refractivity contribution < 1.29 is 0 Å². The molecule has 3 aromatic heterocycles. The van der Waals surface area contributed by atoms with Gasteiger partial charge in [-0.05, 0) is 50.2 Å². The van der Waals surface area contributed by atoms with Crippen LogP contribution in [0.4, 0.5) is 0 Å². The van der Waals surface area contributed by atoms with E-state index in [1.165, 1.54) is 25.6 Å². The van der Waals surface area contributed by atoms with Gasteiger partial charge in [-0.3, -0.25) is 9.67 Å². The third-order valence-electron chi connectivity index (χ3n) is 5.45. The molecule has 1 N–H and O–H groups in total. The summed E-state index contributed by atoms with van der Waals surface area (Å²) in [5.74, 6) is 0.688. The fourth-order valence-corrected chi connectivity index (χ4v) is 3.95. The maximum absolute atomic E-state index is 13.3. The highest BCUT2D eigenvalue weighted by atomic mass is 16.1. The molecule has 1 fully saturated rings. The Labute approximate surface area is 167 Å². The molecule has 0 bridgehead atoms. The average molecular weight is 390 g/mol. The third-order valence-corrected chi connectivity index (χ3v) is 5.45. The molecule has 0 radical (unpaired) electrons. The predicted molar refractivity (Wildman–Crippen MR) is 109 cm³/mol. The Balaban J connectivity index is 1.50. The molecule has 5 rings (SSSR count). The average Bonchev–Trinajstić information content (AvgIpc) is 3.40. The summed E-state index contributed by atoms with van der Waals surface area (Å²) in [4.78, 5) is 28.7. The van der Waals surface area contributed by atoms with Crippen LogP contribution in [0.2, 0.25) is 0 Å². The van der Waals surface area contributed by atoms with Gasteiger partial charge in [0.2, 0.25) is 0 Å². The van der Waals surface area contributed by atoms with Crippen molar-refractivity contribution in [3.8, 4) is 17.1 Å². The van der Waals surface area contributed by atoms with E-state index in [0.717, 1.165) is 30.9 Å². The lowest BCUT2D eigenvalue weighted by molar-refractivity contribution is 0.220. The highest BCUT2D eigenvalue weighted by molar-refractivity contribution is 5.69. The number of hydrogen-bond acceptors (Lipinski definition) is 6. The van der Waals surface area contributed by atoms with Gasteiger partial charge in [-0.15, -0.1) is 0 Å². The molecule has 1 aromatic carbocycles. The lowest BCUT2D eigenvalue weighted by Gasteiger charge is -2.26. The fourth-order valence-electron chi connectivity index (χ4n) is 3.95. The second kappa shape index (κ2) is 7.59. The molecule has 1 saturated heterocycles. The predicted octanol–water partition coefficient (Wildman–Crippen LogP) is 1.85. The molecule has 0 unspecified atom stereocenters. The van der Waals surface area contributed by atoms with Gasteiger partial charge in [0.05, 0.1) is 5.69 Å². The SMILES string of the molecule is O=c1n(CCN2CCCCC2)c2nccnc2n1-c1ccc(-c2ncn[nH]2)cc1. The Morgan fingerprint density at radius 1 is 0.897 bits per heavy atom. The maximum atomic E-state index is 13.3. The minimum atomic E-state index is -0.115. The van der Waals surface area contributed by atoms with Gasteiger partial charge in [0, 0.05) is 31.0 Å². The first kappa shape index (κ1) is 17.7. The second-order valence-electron chi connectivity index (χ2n) is 7.26. The number of H-pyrrole nitrogens is 1. The second-order valence-corrected chi connectivity index (χ2v) is 7.26. The number of piperidine rings is 1. The summed E-state index contributed by atoms with van der Waals surface area (Å²) in [5, 5.41) is 6.72. The zero-order chi connectivity index (χ0) is 19.6. The topological polar surface area (TPSA) is 97.5 Å². The summed E-state index contributed by atoms with van der Waals surface area (Å²) >= 11 is 0. The van der Waals surface area contributed by atoms with E-state index in [-0.39, 0.29) is 5.69 Å². The molecule has 4 aromatic rings. The number of aromatic nitrogens is 7. The molecule has 9 nitrogen and oxygen atoms in total. The molecule has 0 spiro atoms. The van der Waals surface area contributed by atoms with Crippen LogP contribution in [-0.4, -0.2) is 58.8 Å². The molecule has 0 saturated carbocycles. The van der Waals surface area contributed by atoms with Crippen LogP contribution < -0.4 is 5.69 Å². The van der Waals surface area contributed by atoms with E-state index in [9.17, 15) is 4.79 Å². The van der Waals surface area contributed by atoms with E-state index < -0.39 is 0 Å². The number of benzene rings is 1. The van der Waals surface area contributed by atoms with Crippen LogP contribution in [0.25, 0.3) is 28.4 Å². The van der Waals surface area contributed by atoms with Crippen molar-refractivity contribution in [2.24, 2.45) is 0 Å². The first-order chi connectivity index (χ1) is 14.3. The molecule has 148 valence electrons. The van der Waals surface area contributed by atoms with Gasteiger partial charge in [-0.2, -0.15) is 5.10 Å². The molecule has 1 aliphatic heterocycles. The van der Waals surface area contributed by atoms with Crippen molar-refractivity contribution >= 4 is 11.3 Å². The first-order valence-corrected chi connectivity index (χ1v) is 9.92. The maximum Gasteiger partial charge on any atom is 0.336 e. The molecular weight excluding hydrogens is 368 g/mol. The van der Waals surface area contributed by atoms with Crippen LogP contribution in [0, 0.1) is 0 Å². The van der Waals surface area contributed by atoms with E-state index in [1.54, 1.807) is 21.5 Å². The van der Waals surface area contributed by atoms with E-state index in [4.69, 9.17) is 0 Å². The number of nitrogens with zero attached hydrogens (tertiary/aromatic N) is 7. The van der Waals surface area contributed by atoms with Crippen LogP contribution in [0.5, 0.6) is 0 Å². The summed E-state index contributed by atoms with van der Waals surface area (Å²) < 4.78 is 3.37. The quantitative estimate of drug-likeness (QED) is 0.559. The fraction of sp³-hybridized carbons (Fsp3) is 0.350. The number of rotatable bonds is 5. The molecule has 1 aliphatic rings. The molecular formula is C20H22N8O. The zero-order valence-corrected chi connectivity index (χ0v) is 16.0. The number of hydrogen-bond donors (Lipinski definition) is 1. The summed E-state index contributed by atoms with van der Waals surface area (Å²) in [6.45, 7) is 3.65. The van der Waals surface area contributed by atoms with Gasteiger partial charge >= 0.3 is 5.69 Å². The Kier molecular flexibility index (Phi) is 4.65. The van der Waals surface area contributed by atoms with Gasteiger partial charge in [-0.1, -0.05) is 6.42 Å². The van der Waals surface area contributed by atoms with Crippen molar-refractivity contribution in [1.82, 2.24) is 39.2 Å². The molecule has 4 heterocycles. The molecule has 9 heteroatoms. The van der Waals surface area contributed by atoms with Crippen molar-refractivity contribution in [2.45, 2.75) is 25.8 Å². The van der Waals surface area contributed by atoms with Crippen molar-refractivity contribution in [3.63, 3.8) is 0 Å². The van der Waals surface area contributed by atoms with Crippen molar-refractivity contribution in [3.05, 3.63) is 53.5 Å². The Hall–Kier alpha value is -3.33. The van der Waals surface area contributed by atoms with Crippen molar-refractivity contribution in [2.75, 3.05) is 19.6 Å². The van der Waals surface area contributed by atoms with Crippen molar-refractivity contribution in [1.29, 1.82) is 0 Å². The van der Waals surface area contributed by atoms with Crippen LogP contribution >= 0.6 is 0 Å². The molecule has 29 heavy (non-hydrogen) atoms. The normalized spacial score (nSPS) is 15.2. The Bertz CT molecular complexity index is 1150. The van der Waals surface area contributed by atoms with Gasteiger partial charge in [0.15, 0.2) is 17.1 Å². The first-order valence-electron chi connectivity index (χ1n) is 9.92. The number of fused-ring (bicyclic) bond motifs is 1. The molecule has 0 aliphatic carbocycles. The van der Waals surface area contributed by atoms with Gasteiger partial charge in [-0.25, -0.2) is 24.3 Å². The lowest BCUT2D eigenvalue weighted by Crippen LogP contribution is -2.35. The number of imidazole rings is 1. The van der Waals surface area contributed by atoms with E-state index >= 15 is 0 Å². The third kappa shape index (κ3) is 3.33. The van der Waals surface area contributed by atoms with Gasteiger partial charge in [0.25, 0.3) is 0 Å². The summed E-state index contributed by atoms with van der Waals surface area (Å²) in [5.41, 5.74) is 2.73. The number of nitrogens with one attached hydrogen (secondary N) is 1. The highest BCUT2D eigenvalue weighted by Crippen LogP contribution is 2.19. The Morgan fingerprint density at radius 3 is 2.38 bits per heavy atom. The van der Waals surface area contributed by atoms with Gasteiger partial charge in [0.1, 0.15) is 6.33 Å². The van der Waals surface area contributed by atoms with Crippen LogP contribution in [0.3, 0.4) is 0 Å². The van der Waals surface area contributed by atoms with Crippen LogP contribution in [0.15, 0.2) is 47.8 Å². The summed E-state index contributed by atoms with van der Waals surface area (Å²) in [7, 11) is 0. The Morgan fingerprint density at radius 2 is 1.66 bits per heavy atom. The minimum Gasteiger partial charge on any atom is -0.302 e. The standard InChI is InChI=1S/C20H22N8O/c29-20-27(13-12-26-10-2-1-3-11-26)18-19(22-9-8-21-18)28(20)16-6-4-15(5-7-16)17-23-14-24-25-17/h4-9,14H,1-3,10-13H2,(H,23,24,25). The molecule has 0 atom stereocenters. The smallest absolute Gasteiger partial charge is 0.302 e. The minimum absolute atomic E-state index is 0.115. The molecule has 0 amide bonds. The number of likely N-dealkylation sites (tertiary alicyclic amines) is 1. The van der Waals surface area contributed by atoms with E-state index in [0.29, 0.717) is 23.7 Å². The monoisotopic (exact) mass is 390 g/mol. The summed E-state index contributed by atoms with van der Waals surface area (Å²) in [6, 6.07) is 7.61. The van der Waals surface area contributed by atoms with Crippen LogP contribution in [0.1, 0.15) is 19.3 Å². The van der Waals surface area contributed by atoms with Gasteiger partial charge < -0.3 is 4.90 Å². The number of aromatic amines is 1.